The van der Waals surface area contributed by atoms with Crippen LogP contribution >= 0.6 is 47.0 Å². The van der Waals surface area contributed by atoms with Crippen molar-refractivity contribution in [3.05, 3.63) is 111 Å². The number of hydrogen-bond donors (Lipinski definition) is 0. The third-order valence-corrected chi connectivity index (χ3v) is 13.0. The molecule has 1 aliphatic heterocycles. The molecule has 1 heterocycles. The van der Waals surface area contributed by atoms with Crippen LogP contribution in [0, 0.1) is 40.5 Å². The van der Waals surface area contributed by atoms with Crippen LogP contribution in [0.4, 0.5) is 22.7 Å². The van der Waals surface area contributed by atoms with Gasteiger partial charge >= 0.3 is 0 Å². The molecule has 0 N–H and O–H groups in total. The van der Waals surface area contributed by atoms with Gasteiger partial charge in [0.2, 0.25) is 0 Å². The second kappa shape index (κ2) is 15.5. The van der Waals surface area contributed by atoms with Crippen LogP contribution in [0.1, 0.15) is 101 Å². The first-order valence-electron chi connectivity index (χ1n) is 16.4. The van der Waals surface area contributed by atoms with Crippen LogP contribution in [0.25, 0.3) is 0 Å². The summed E-state index contributed by atoms with van der Waals surface area (Å²) in [7, 11) is 0. The van der Waals surface area contributed by atoms with Gasteiger partial charge < -0.3 is 0 Å². The van der Waals surface area contributed by atoms with Crippen LogP contribution in [0.3, 0.4) is 0 Å². The van der Waals surface area contributed by atoms with Crippen LogP contribution < -0.4 is 0 Å². The molecule has 1 aliphatic rings. The van der Waals surface area contributed by atoms with Gasteiger partial charge in [0.25, 0.3) is 22.7 Å². The molecule has 0 saturated heterocycles. The molecule has 16 heteroatoms. The summed E-state index contributed by atoms with van der Waals surface area (Å²) in [5.74, 6) is -0.116. The lowest BCUT2D eigenvalue weighted by molar-refractivity contribution is -0.397. The largest absolute Gasteiger partial charge is 0.290 e. The molecule has 0 radical (unpaired) electrons. The van der Waals surface area contributed by atoms with E-state index < -0.39 is 42.4 Å². The number of fused-ring (bicyclic) bond motifs is 8. The van der Waals surface area contributed by atoms with E-state index in [0.717, 1.165) is 81.4 Å². The van der Waals surface area contributed by atoms with E-state index in [1.807, 2.05) is 79.7 Å². The number of hydrogen-bond acceptors (Lipinski definition) is 12. The van der Waals surface area contributed by atoms with E-state index in [0.29, 0.717) is 19.6 Å². The van der Waals surface area contributed by atoms with Crippen molar-refractivity contribution in [1.82, 2.24) is 0 Å². The second-order valence-electron chi connectivity index (χ2n) is 13.5. The van der Waals surface area contributed by atoms with E-state index in [2.05, 4.69) is 0 Å². The molecular weight excluding hydrogens is 745 g/mol. The minimum atomic E-state index is -0.622. The minimum Gasteiger partial charge on any atom is -0.258 e. The zero-order valence-corrected chi connectivity index (χ0v) is 32.9. The minimum absolute atomic E-state index is 0.0289. The lowest BCUT2D eigenvalue weighted by atomic mass is 9.95. The van der Waals surface area contributed by atoms with Gasteiger partial charge in [-0.05, 0) is 70.2 Å². The Morgan fingerprint density at radius 1 is 0.346 bits per heavy atom. The van der Waals surface area contributed by atoms with Crippen LogP contribution in [-0.2, 0) is 0 Å². The van der Waals surface area contributed by atoms with Gasteiger partial charge in [-0.1, -0.05) is 115 Å². The summed E-state index contributed by atoms with van der Waals surface area (Å²) < 4.78 is 0. The number of rotatable bonds is 8. The molecule has 0 aliphatic carbocycles. The Bertz CT molecular complexity index is 1870. The maximum Gasteiger partial charge on any atom is 0.290 e. The molecule has 0 amide bonds. The van der Waals surface area contributed by atoms with Crippen molar-refractivity contribution in [2.24, 2.45) is 0 Å². The van der Waals surface area contributed by atoms with E-state index in [1.165, 1.54) is 12.1 Å². The molecule has 52 heavy (non-hydrogen) atoms. The maximum absolute atomic E-state index is 12.4. The molecule has 8 bridgehead atoms. The van der Waals surface area contributed by atoms with E-state index in [-0.39, 0.29) is 43.3 Å². The fourth-order valence-corrected chi connectivity index (χ4v) is 11.1. The van der Waals surface area contributed by atoms with Crippen LogP contribution in [-0.4, -0.2) is 19.7 Å². The monoisotopic (exact) mass is 780 g/mol. The van der Waals surface area contributed by atoms with Crippen LogP contribution in [0.15, 0.2) is 87.7 Å². The van der Waals surface area contributed by atoms with Gasteiger partial charge in [0, 0.05) is 19.6 Å². The van der Waals surface area contributed by atoms with Crippen molar-refractivity contribution >= 4 is 69.8 Å². The Morgan fingerprint density at radius 2 is 0.538 bits per heavy atom. The highest BCUT2D eigenvalue weighted by molar-refractivity contribution is 8.01. The lowest BCUT2D eigenvalue weighted by Crippen LogP contribution is -2.02. The number of nitro benzene ring substituents is 4. The molecular formula is C36H36N4O8S4. The number of nitro groups is 4. The molecule has 0 spiro atoms. The van der Waals surface area contributed by atoms with Gasteiger partial charge in [-0.25, -0.2) is 0 Å². The normalized spacial score (nSPS) is 12.8. The average Bonchev–Trinajstić information content (AvgIpc) is 3.03. The summed E-state index contributed by atoms with van der Waals surface area (Å²) in [4.78, 5) is 50.7. The summed E-state index contributed by atoms with van der Waals surface area (Å²) in [6, 6.07) is 12.7. The lowest BCUT2D eigenvalue weighted by Gasteiger charge is -2.22. The smallest absolute Gasteiger partial charge is 0.258 e. The highest BCUT2D eigenvalue weighted by atomic mass is 32.2. The highest BCUT2D eigenvalue weighted by Gasteiger charge is 2.31. The Morgan fingerprint density at radius 3 is 0.712 bits per heavy atom. The fourth-order valence-electron chi connectivity index (χ4n) is 5.80. The fraction of sp³-hybridized carbons (Fsp3) is 0.333. The first-order valence-corrected chi connectivity index (χ1v) is 19.6. The Hall–Kier alpha value is -4.12. The molecule has 0 atom stereocenters. The maximum atomic E-state index is 12.4. The molecule has 0 unspecified atom stereocenters. The molecule has 5 rings (SSSR count). The first kappa shape index (κ1) is 39.1. The summed E-state index contributed by atoms with van der Waals surface area (Å²) in [6.45, 7) is 15.9. The van der Waals surface area contributed by atoms with E-state index in [4.69, 9.17) is 0 Å². The van der Waals surface area contributed by atoms with Crippen molar-refractivity contribution in [2.45, 2.75) is 118 Å². The zero-order chi connectivity index (χ0) is 38.3. The molecule has 0 aromatic heterocycles. The Labute approximate surface area is 317 Å². The quantitative estimate of drug-likeness (QED) is 0.108. The molecule has 4 aromatic rings. The molecule has 272 valence electrons. The van der Waals surface area contributed by atoms with Crippen LogP contribution in [0.5, 0.6) is 0 Å². The van der Waals surface area contributed by atoms with Crippen molar-refractivity contribution < 1.29 is 19.7 Å². The number of benzene rings is 4. The van der Waals surface area contributed by atoms with Crippen LogP contribution in [0.2, 0.25) is 0 Å². The van der Waals surface area contributed by atoms with Gasteiger partial charge in [0.05, 0.1) is 51.4 Å². The van der Waals surface area contributed by atoms with E-state index in [1.54, 1.807) is 0 Å². The topological polar surface area (TPSA) is 173 Å². The standard InChI is InChI=1S/C36H36N4O8S4/c1-17(2)21-9-22(18(3)4)30-13-29(21)49-33-15-34(26(38(43)44)11-25(33)37(41)42)51-31-14-32(24(20(7)8)10-23(31)19(5)6)52-36-16-35(50-30)27(39(45)46)12-28(36)40(47)48/h9-20H,1-8H3. The molecule has 4 aromatic carbocycles. The van der Waals surface area contributed by atoms with Crippen molar-refractivity contribution in [2.75, 3.05) is 0 Å². The van der Waals surface area contributed by atoms with Gasteiger partial charge in [-0.3, -0.25) is 40.5 Å². The first-order chi connectivity index (χ1) is 24.4. The van der Waals surface area contributed by atoms with E-state index in [9.17, 15) is 40.5 Å². The Kier molecular flexibility index (Phi) is 11.6. The summed E-state index contributed by atoms with van der Waals surface area (Å²) in [5.41, 5.74) is 1.88. The Balaban J connectivity index is 1.95. The summed E-state index contributed by atoms with van der Waals surface area (Å²) >= 11 is 4.47. The number of nitrogens with zero attached hydrogens (tertiary/aromatic N) is 4. The molecule has 0 fully saturated rings. The second-order valence-corrected chi connectivity index (χ2v) is 17.8. The van der Waals surface area contributed by atoms with Gasteiger partial charge in [0.15, 0.2) is 0 Å². The third-order valence-electron chi connectivity index (χ3n) is 8.52. The van der Waals surface area contributed by atoms with Gasteiger partial charge in [-0.15, -0.1) is 0 Å². The highest BCUT2D eigenvalue weighted by Crippen LogP contribution is 2.52. The van der Waals surface area contributed by atoms with Crippen molar-refractivity contribution in [3.63, 3.8) is 0 Å². The predicted molar refractivity (Wildman–Crippen MR) is 205 cm³/mol. The third kappa shape index (κ3) is 7.94. The van der Waals surface area contributed by atoms with Gasteiger partial charge in [-0.2, -0.15) is 0 Å². The van der Waals surface area contributed by atoms with Crippen molar-refractivity contribution in [3.8, 4) is 0 Å². The summed E-state index contributed by atoms with van der Waals surface area (Å²) in [5, 5.41) is 49.8. The SMILES string of the molecule is CC(C)c1cc(C(C)C)c2cc1Sc1cc(c([N+](=O)[O-])cc1[N+](=O)[O-])Sc1cc(c(C(C)C)cc1C(C)C)Sc1cc(c([N+](=O)[O-])cc1[N+](=O)[O-])S2. The molecule has 0 saturated carbocycles. The van der Waals surface area contributed by atoms with E-state index >= 15 is 0 Å². The average molecular weight is 781 g/mol. The van der Waals surface area contributed by atoms with Gasteiger partial charge in [0.1, 0.15) is 0 Å². The summed E-state index contributed by atoms with van der Waals surface area (Å²) in [6.07, 6.45) is 0. The molecule has 12 nitrogen and oxygen atoms in total. The predicted octanol–water partition coefficient (Wildman–Crippen LogP) is 12.7. The zero-order valence-electron chi connectivity index (χ0n) is 29.6. The van der Waals surface area contributed by atoms with Crippen molar-refractivity contribution in [1.29, 1.82) is 0 Å².